The van der Waals surface area contributed by atoms with Crippen molar-refractivity contribution in [1.82, 2.24) is 10.3 Å². The van der Waals surface area contributed by atoms with Gasteiger partial charge < -0.3 is 15.3 Å². The maximum Gasteiger partial charge on any atom is 0.404 e. The van der Waals surface area contributed by atoms with Crippen LogP contribution in [0.15, 0.2) is 30.3 Å². The summed E-state index contributed by atoms with van der Waals surface area (Å²) in [4.78, 5) is 17.5. The van der Waals surface area contributed by atoms with Crippen molar-refractivity contribution in [3.05, 3.63) is 35.4 Å². The topological polar surface area (TPSA) is 65.5 Å². The number of halogens is 1. The highest BCUT2D eigenvalue weighted by atomic mass is 35.5. The number of nitrogens with zero attached hydrogens (tertiary/aromatic N) is 2. The van der Waals surface area contributed by atoms with E-state index < -0.39 is 6.09 Å². The first-order valence-corrected chi connectivity index (χ1v) is 7.77. The zero-order valence-corrected chi connectivity index (χ0v) is 12.9. The first-order valence-electron chi connectivity index (χ1n) is 7.40. The minimum Gasteiger partial charge on any atom is -0.465 e. The molecule has 0 spiro atoms. The first kappa shape index (κ1) is 14.9. The Labute approximate surface area is 133 Å². The second-order valence-corrected chi connectivity index (χ2v) is 6.06. The Bertz CT molecular complexity index is 684. The number of carboxylic acid groups (broad SMARTS) is 1. The Morgan fingerprint density at radius 2 is 2.09 bits per heavy atom. The number of benzene rings is 1. The molecule has 0 radical (unpaired) electrons. The lowest BCUT2D eigenvalue weighted by molar-refractivity contribution is 0.191. The molecule has 0 aliphatic carbocycles. The molecule has 1 saturated heterocycles. The van der Waals surface area contributed by atoms with Crippen molar-refractivity contribution >= 4 is 34.4 Å². The highest BCUT2D eigenvalue weighted by molar-refractivity contribution is 6.31. The quantitative estimate of drug-likeness (QED) is 0.910. The van der Waals surface area contributed by atoms with Crippen LogP contribution in [0.4, 0.5) is 10.6 Å². The molecule has 3 rings (SSSR count). The maximum absolute atomic E-state index is 10.5. The molecule has 5 nitrogen and oxygen atoms in total. The predicted octanol–water partition coefficient (Wildman–Crippen LogP) is 3.37. The molecule has 2 heterocycles. The standard InChI is InChI=1S/C16H18ClN3O2/c17-13-2-3-14-12(9-13)1-4-15(19-14)20-7-5-11(6-8-20)10-18-16(21)22/h1-4,9,11,18H,5-8,10H2,(H,21,22). The molecule has 1 aliphatic heterocycles. The summed E-state index contributed by atoms with van der Waals surface area (Å²) in [5.74, 6) is 1.38. The number of hydrogen-bond donors (Lipinski definition) is 2. The van der Waals surface area contributed by atoms with Crippen molar-refractivity contribution in [3.63, 3.8) is 0 Å². The van der Waals surface area contributed by atoms with Crippen molar-refractivity contribution in [3.8, 4) is 0 Å². The van der Waals surface area contributed by atoms with Crippen LogP contribution in [0, 0.1) is 5.92 Å². The van der Waals surface area contributed by atoms with Gasteiger partial charge in [-0.3, -0.25) is 0 Å². The zero-order chi connectivity index (χ0) is 15.5. The van der Waals surface area contributed by atoms with Crippen LogP contribution in [-0.4, -0.2) is 35.8 Å². The van der Waals surface area contributed by atoms with E-state index in [4.69, 9.17) is 21.7 Å². The van der Waals surface area contributed by atoms with E-state index in [0.29, 0.717) is 17.5 Å². The van der Waals surface area contributed by atoms with Gasteiger partial charge in [0.05, 0.1) is 5.52 Å². The highest BCUT2D eigenvalue weighted by Gasteiger charge is 2.20. The molecule has 2 aromatic rings. The molecule has 1 amide bonds. The lowest BCUT2D eigenvalue weighted by Crippen LogP contribution is -2.38. The minimum absolute atomic E-state index is 0.409. The van der Waals surface area contributed by atoms with Crippen LogP contribution in [0.3, 0.4) is 0 Å². The zero-order valence-electron chi connectivity index (χ0n) is 12.1. The Hall–Kier alpha value is -2.01. The van der Waals surface area contributed by atoms with Crippen molar-refractivity contribution in [2.75, 3.05) is 24.5 Å². The molecule has 22 heavy (non-hydrogen) atoms. The van der Waals surface area contributed by atoms with Gasteiger partial charge in [-0.25, -0.2) is 9.78 Å². The summed E-state index contributed by atoms with van der Waals surface area (Å²) >= 11 is 5.99. The number of nitrogens with one attached hydrogen (secondary N) is 1. The second kappa shape index (κ2) is 6.40. The third kappa shape index (κ3) is 3.42. The van der Waals surface area contributed by atoms with E-state index in [1.807, 2.05) is 30.3 Å². The average Bonchev–Trinajstić information content (AvgIpc) is 2.53. The third-order valence-corrected chi connectivity index (χ3v) is 4.35. The number of piperidine rings is 1. The lowest BCUT2D eigenvalue weighted by atomic mass is 9.97. The van der Waals surface area contributed by atoms with Crippen LogP contribution < -0.4 is 10.2 Å². The van der Waals surface area contributed by atoms with Gasteiger partial charge >= 0.3 is 6.09 Å². The van der Waals surface area contributed by atoms with E-state index in [1.54, 1.807) is 0 Å². The van der Waals surface area contributed by atoms with Gasteiger partial charge in [-0.2, -0.15) is 0 Å². The maximum atomic E-state index is 10.5. The summed E-state index contributed by atoms with van der Waals surface area (Å²) in [7, 11) is 0. The van der Waals surface area contributed by atoms with Gasteiger partial charge in [0.1, 0.15) is 5.82 Å². The SMILES string of the molecule is O=C(O)NCC1CCN(c2ccc3cc(Cl)ccc3n2)CC1. The van der Waals surface area contributed by atoms with Gasteiger partial charge in [-0.15, -0.1) is 0 Å². The van der Waals surface area contributed by atoms with Crippen LogP contribution in [-0.2, 0) is 0 Å². The van der Waals surface area contributed by atoms with E-state index >= 15 is 0 Å². The van der Waals surface area contributed by atoms with Gasteiger partial charge in [0, 0.05) is 30.0 Å². The molecule has 6 heteroatoms. The number of hydrogen-bond acceptors (Lipinski definition) is 3. The fourth-order valence-corrected chi connectivity index (χ4v) is 3.04. The molecule has 116 valence electrons. The Morgan fingerprint density at radius 1 is 1.32 bits per heavy atom. The van der Waals surface area contributed by atoms with Crippen LogP contribution in [0.2, 0.25) is 5.02 Å². The molecule has 0 atom stereocenters. The number of carbonyl (C=O) groups is 1. The number of amides is 1. The number of rotatable bonds is 3. The van der Waals surface area contributed by atoms with Crippen molar-refractivity contribution < 1.29 is 9.90 Å². The number of anilines is 1. The van der Waals surface area contributed by atoms with Crippen LogP contribution in [0.5, 0.6) is 0 Å². The Morgan fingerprint density at radius 3 is 2.82 bits per heavy atom. The summed E-state index contributed by atoms with van der Waals surface area (Å²) in [6, 6.07) is 9.77. The van der Waals surface area contributed by atoms with Crippen LogP contribution in [0.1, 0.15) is 12.8 Å². The van der Waals surface area contributed by atoms with E-state index in [1.165, 1.54) is 0 Å². The van der Waals surface area contributed by atoms with Gasteiger partial charge in [-0.05, 0) is 49.1 Å². The third-order valence-electron chi connectivity index (χ3n) is 4.12. The smallest absolute Gasteiger partial charge is 0.404 e. The fourth-order valence-electron chi connectivity index (χ4n) is 2.86. The molecular weight excluding hydrogens is 302 g/mol. The Balaban J connectivity index is 1.66. The molecule has 0 unspecified atom stereocenters. The summed E-state index contributed by atoms with van der Waals surface area (Å²) in [6.45, 7) is 2.34. The van der Waals surface area contributed by atoms with Crippen LogP contribution in [0.25, 0.3) is 10.9 Å². The number of fused-ring (bicyclic) bond motifs is 1. The monoisotopic (exact) mass is 319 g/mol. The van der Waals surface area contributed by atoms with Crippen molar-refractivity contribution in [2.45, 2.75) is 12.8 Å². The average molecular weight is 320 g/mol. The summed E-state index contributed by atoms with van der Waals surface area (Å²) in [6.07, 6.45) is 0.999. The molecular formula is C16H18ClN3O2. The molecule has 1 aromatic carbocycles. The molecule has 1 aromatic heterocycles. The van der Waals surface area contributed by atoms with Gasteiger partial charge in [0.25, 0.3) is 0 Å². The van der Waals surface area contributed by atoms with E-state index in [9.17, 15) is 4.79 Å². The van der Waals surface area contributed by atoms with Gasteiger partial charge in [-0.1, -0.05) is 11.6 Å². The summed E-state index contributed by atoms with van der Waals surface area (Å²) in [5.41, 5.74) is 0.941. The summed E-state index contributed by atoms with van der Waals surface area (Å²) in [5, 5.41) is 12.9. The molecule has 2 N–H and O–H groups in total. The van der Waals surface area contributed by atoms with Gasteiger partial charge in [0.2, 0.25) is 0 Å². The normalized spacial score (nSPS) is 16.0. The molecule has 0 bridgehead atoms. The fraction of sp³-hybridized carbons (Fsp3) is 0.375. The predicted molar refractivity (Wildman–Crippen MR) is 87.7 cm³/mol. The summed E-state index contributed by atoms with van der Waals surface area (Å²) < 4.78 is 0. The highest BCUT2D eigenvalue weighted by Crippen LogP contribution is 2.25. The first-order chi connectivity index (χ1) is 10.6. The van der Waals surface area contributed by atoms with Crippen molar-refractivity contribution in [1.29, 1.82) is 0 Å². The largest absolute Gasteiger partial charge is 0.465 e. The number of pyridine rings is 1. The van der Waals surface area contributed by atoms with Crippen molar-refractivity contribution in [2.24, 2.45) is 5.92 Å². The number of aromatic nitrogens is 1. The minimum atomic E-state index is -0.947. The second-order valence-electron chi connectivity index (χ2n) is 5.62. The molecule has 1 aliphatic rings. The van der Waals surface area contributed by atoms with E-state index in [-0.39, 0.29) is 0 Å². The lowest BCUT2D eigenvalue weighted by Gasteiger charge is -2.32. The molecule has 1 fully saturated rings. The van der Waals surface area contributed by atoms with E-state index in [0.717, 1.165) is 42.7 Å². The van der Waals surface area contributed by atoms with E-state index in [2.05, 4.69) is 10.2 Å². The van der Waals surface area contributed by atoms with Crippen LogP contribution >= 0.6 is 11.6 Å². The molecule has 0 saturated carbocycles. The van der Waals surface area contributed by atoms with Gasteiger partial charge in [0.15, 0.2) is 0 Å². The Kier molecular flexibility index (Phi) is 4.34.